The summed E-state index contributed by atoms with van der Waals surface area (Å²) in [5, 5.41) is 0. The quantitative estimate of drug-likeness (QED) is 0.263. The molecule has 0 saturated carbocycles. The Labute approximate surface area is 168 Å². The van der Waals surface area contributed by atoms with Crippen LogP contribution in [0.2, 0.25) is 25.7 Å². The van der Waals surface area contributed by atoms with E-state index in [9.17, 15) is 52.7 Å². The number of halogens is 12. The average molecular weight is 523 g/mol. The molecule has 0 atom stereocenters. The first-order valence-electron chi connectivity index (χ1n) is 8.35. The molecular formula is C13H22F12O2Si3. The summed E-state index contributed by atoms with van der Waals surface area (Å²) in [7, 11) is -19.9. The van der Waals surface area contributed by atoms with E-state index in [1.165, 1.54) is 0 Å². The van der Waals surface area contributed by atoms with Crippen LogP contribution in [0, 0.1) is 5.41 Å². The third-order valence-corrected chi connectivity index (χ3v) is 15.0. The fourth-order valence-electron chi connectivity index (χ4n) is 2.40. The van der Waals surface area contributed by atoms with E-state index in [1.807, 2.05) is 0 Å². The van der Waals surface area contributed by atoms with Gasteiger partial charge in [0, 0.05) is 0 Å². The van der Waals surface area contributed by atoms with Crippen LogP contribution < -0.4 is 0 Å². The second kappa shape index (κ2) is 8.26. The summed E-state index contributed by atoms with van der Waals surface area (Å²) >= 11 is 0. The second-order valence-corrected chi connectivity index (χ2v) is 19.8. The molecule has 0 aromatic rings. The van der Waals surface area contributed by atoms with E-state index in [-0.39, 0.29) is 0 Å². The Bertz CT molecular complexity index is 559. The topological polar surface area (TPSA) is 18.5 Å². The smallest absolute Gasteiger partial charge is 0.425 e. The number of hydrogen-bond acceptors (Lipinski definition) is 2. The minimum atomic E-state index is -8.12. The molecule has 0 saturated heterocycles. The van der Waals surface area contributed by atoms with Crippen molar-refractivity contribution in [2.75, 3.05) is 0 Å². The van der Waals surface area contributed by atoms with E-state index >= 15 is 0 Å². The summed E-state index contributed by atoms with van der Waals surface area (Å²) in [5.41, 5.74) is -1.92. The molecule has 0 N–H and O–H groups in total. The Morgan fingerprint density at radius 1 is 0.600 bits per heavy atom. The molecule has 0 unspecified atom stereocenters. The van der Waals surface area contributed by atoms with Gasteiger partial charge in [0.05, 0.1) is 0 Å². The molecule has 182 valence electrons. The molecule has 0 aliphatic heterocycles. The van der Waals surface area contributed by atoms with Crippen molar-refractivity contribution in [3.8, 4) is 0 Å². The first-order chi connectivity index (χ1) is 12.7. The van der Waals surface area contributed by atoms with Crippen LogP contribution in [0.15, 0.2) is 0 Å². The van der Waals surface area contributed by atoms with Crippen LogP contribution in [0.4, 0.5) is 52.7 Å². The van der Waals surface area contributed by atoms with Gasteiger partial charge in [0.25, 0.3) is 0 Å². The summed E-state index contributed by atoms with van der Waals surface area (Å²) in [6.45, 7) is 5.23. The average Bonchev–Trinajstić information content (AvgIpc) is 2.38. The summed E-state index contributed by atoms with van der Waals surface area (Å²) in [5.74, 6) is -26.3. The lowest BCUT2D eigenvalue weighted by Gasteiger charge is -2.46. The Balaban J connectivity index is 7.30. The highest BCUT2D eigenvalue weighted by molar-refractivity contribution is 6.92. The molecule has 0 spiro atoms. The minimum Gasteiger partial charge on any atom is -0.425 e. The van der Waals surface area contributed by atoms with Gasteiger partial charge in [-0.25, -0.2) is 0 Å². The van der Waals surface area contributed by atoms with E-state index in [0.29, 0.717) is 0 Å². The molecule has 0 aromatic carbocycles. The van der Waals surface area contributed by atoms with Gasteiger partial charge in [0.15, 0.2) is 8.32 Å². The Morgan fingerprint density at radius 3 is 1.13 bits per heavy atom. The van der Waals surface area contributed by atoms with Crippen molar-refractivity contribution in [3.63, 3.8) is 0 Å². The lowest BCUT2D eigenvalue weighted by atomic mass is 9.93. The highest BCUT2D eigenvalue weighted by Gasteiger charge is 2.88. The molecule has 0 bridgehead atoms. The van der Waals surface area contributed by atoms with Crippen LogP contribution >= 0.6 is 0 Å². The maximum Gasteiger partial charge on any atom is 0.554 e. The summed E-state index contributed by atoms with van der Waals surface area (Å²) < 4.78 is 172. The zero-order chi connectivity index (χ0) is 24.8. The van der Waals surface area contributed by atoms with Gasteiger partial charge in [-0.15, -0.1) is 0 Å². The molecule has 0 aromatic heterocycles. The van der Waals surface area contributed by atoms with Gasteiger partial charge < -0.3 is 8.23 Å². The van der Waals surface area contributed by atoms with Gasteiger partial charge in [-0.05, 0) is 31.1 Å². The van der Waals surface area contributed by atoms with E-state index in [1.54, 1.807) is 0 Å². The molecule has 2 nitrogen and oxygen atoms in total. The van der Waals surface area contributed by atoms with Crippen molar-refractivity contribution < 1.29 is 60.9 Å². The van der Waals surface area contributed by atoms with Crippen LogP contribution in [0.3, 0.4) is 0 Å². The van der Waals surface area contributed by atoms with E-state index in [0.717, 1.165) is 40.4 Å². The van der Waals surface area contributed by atoms with Gasteiger partial charge in [-0.1, -0.05) is 27.2 Å². The largest absolute Gasteiger partial charge is 0.554 e. The Kier molecular flexibility index (Phi) is 8.18. The fourth-order valence-corrected chi connectivity index (χ4v) is 14.1. The molecule has 0 heterocycles. The standard InChI is InChI=1S/C13H22F12O2Si3/c1-7-9(2,3)8-29(10(14,15)16,11(17,18)19)27-30(12(20,21)22,13(23,24)25)26-28(4,5)6/h7-8H2,1-6H3. The SMILES string of the molecule is CCC(C)(C)C[Si](O[Si](O[Si](C)(C)C)(C(F)(F)F)C(F)(F)F)(C(F)(F)F)C(F)(F)F. The predicted octanol–water partition coefficient (Wildman–Crippen LogP) is 7.08. The predicted molar refractivity (Wildman–Crippen MR) is 90.1 cm³/mol. The van der Waals surface area contributed by atoms with Crippen LogP contribution in [0.5, 0.6) is 0 Å². The lowest BCUT2D eigenvalue weighted by molar-refractivity contribution is -0.169. The van der Waals surface area contributed by atoms with E-state index in [4.69, 9.17) is 0 Å². The van der Waals surface area contributed by atoms with E-state index in [2.05, 4.69) is 8.23 Å². The van der Waals surface area contributed by atoms with Crippen molar-refractivity contribution in [3.05, 3.63) is 0 Å². The maximum absolute atomic E-state index is 13.7. The van der Waals surface area contributed by atoms with Gasteiger partial charge in [-0.2, -0.15) is 52.7 Å². The number of rotatable bonds is 7. The van der Waals surface area contributed by atoms with Gasteiger partial charge in [0.2, 0.25) is 0 Å². The van der Waals surface area contributed by atoms with Gasteiger partial charge in [0.1, 0.15) is 0 Å². The van der Waals surface area contributed by atoms with Crippen molar-refractivity contribution in [2.24, 2.45) is 5.41 Å². The van der Waals surface area contributed by atoms with Gasteiger partial charge in [-0.3, -0.25) is 0 Å². The van der Waals surface area contributed by atoms with Crippen molar-refractivity contribution in [1.29, 1.82) is 0 Å². The summed E-state index contributed by atoms with van der Waals surface area (Å²) in [6.07, 6.45) is -0.390. The van der Waals surface area contributed by atoms with Crippen LogP contribution in [-0.4, -0.2) is 48.4 Å². The molecular weight excluding hydrogens is 500 g/mol. The molecule has 30 heavy (non-hydrogen) atoms. The van der Waals surface area contributed by atoms with E-state index < -0.39 is 66.3 Å². The molecule has 0 aliphatic rings. The summed E-state index contributed by atoms with van der Waals surface area (Å²) in [6, 6.07) is -2.08. The molecule has 0 radical (unpaired) electrons. The first-order valence-corrected chi connectivity index (χ1v) is 15.7. The highest BCUT2D eigenvalue weighted by atomic mass is 28.5. The van der Waals surface area contributed by atoms with Gasteiger partial charge >= 0.3 is 40.1 Å². The Hall–Kier alpha value is -0.269. The maximum atomic E-state index is 13.7. The third kappa shape index (κ3) is 6.16. The molecule has 0 amide bonds. The number of alkyl halides is 12. The van der Waals surface area contributed by atoms with Crippen LogP contribution in [-0.2, 0) is 8.23 Å². The van der Waals surface area contributed by atoms with Crippen molar-refractivity contribution in [2.45, 2.75) is 76.1 Å². The zero-order valence-electron chi connectivity index (χ0n) is 16.8. The molecule has 0 rings (SSSR count). The number of hydrogen-bond donors (Lipinski definition) is 0. The highest BCUT2D eigenvalue weighted by Crippen LogP contribution is 2.55. The first kappa shape index (κ1) is 29.7. The van der Waals surface area contributed by atoms with Crippen LogP contribution in [0.25, 0.3) is 0 Å². The van der Waals surface area contributed by atoms with Crippen molar-refractivity contribution >= 4 is 25.2 Å². The molecule has 17 heteroatoms. The third-order valence-electron chi connectivity index (χ3n) is 4.11. The monoisotopic (exact) mass is 522 g/mol. The van der Waals surface area contributed by atoms with Crippen LogP contribution in [0.1, 0.15) is 27.2 Å². The fraction of sp³-hybridized carbons (Fsp3) is 1.00. The van der Waals surface area contributed by atoms with Crippen molar-refractivity contribution in [1.82, 2.24) is 0 Å². The summed E-state index contributed by atoms with van der Waals surface area (Å²) in [4.78, 5) is 0. The zero-order valence-corrected chi connectivity index (χ0v) is 19.8. The second-order valence-electron chi connectivity index (χ2n) is 8.45. The normalized spacial score (nSPS) is 16.2. The molecule has 0 fully saturated rings. The Morgan fingerprint density at radius 2 is 0.933 bits per heavy atom. The lowest BCUT2D eigenvalue weighted by Crippen LogP contribution is -2.79. The minimum absolute atomic E-state index is 0.390. The molecule has 0 aliphatic carbocycles.